The SMILES string of the molecule is C1=[NH+]c2ccccc2/C1=C(\c1ccc(-c2ccccc2)cc1)c1c[nH]c2ccccc12. The number of aromatic amines is 1. The Balaban J connectivity index is 1.58. The van der Waals surface area contributed by atoms with Gasteiger partial charge in [0, 0.05) is 34.3 Å². The molecule has 6 rings (SSSR count). The lowest BCUT2D eigenvalue weighted by Crippen LogP contribution is -2.58. The molecule has 5 aromatic rings. The molecule has 2 nitrogen and oxygen atoms in total. The molecule has 1 aliphatic heterocycles. The summed E-state index contributed by atoms with van der Waals surface area (Å²) in [4.78, 5) is 6.91. The summed E-state index contributed by atoms with van der Waals surface area (Å²) in [5.74, 6) is 0. The number of aromatic nitrogens is 1. The topological polar surface area (TPSA) is 29.8 Å². The summed E-state index contributed by atoms with van der Waals surface area (Å²) >= 11 is 0. The maximum Gasteiger partial charge on any atom is 0.211 e. The number of para-hydroxylation sites is 2. The summed E-state index contributed by atoms with van der Waals surface area (Å²) in [6.07, 6.45) is 4.26. The van der Waals surface area contributed by atoms with Crippen LogP contribution in [0.5, 0.6) is 0 Å². The van der Waals surface area contributed by atoms with E-state index < -0.39 is 0 Å². The minimum Gasteiger partial charge on any atom is -0.361 e. The zero-order valence-corrected chi connectivity index (χ0v) is 17.0. The Bertz CT molecular complexity index is 1450. The highest BCUT2D eigenvalue weighted by Gasteiger charge is 2.24. The van der Waals surface area contributed by atoms with Crippen molar-refractivity contribution in [2.75, 3.05) is 0 Å². The van der Waals surface area contributed by atoms with Crippen LogP contribution >= 0.6 is 0 Å². The zero-order valence-electron chi connectivity index (χ0n) is 17.0. The summed E-state index contributed by atoms with van der Waals surface area (Å²) in [7, 11) is 0. The van der Waals surface area contributed by atoms with Crippen molar-refractivity contribution in [3.8, 4) is 11.1 Å². The predicted molar refractivity (Wildman–Crippen MR) is 129 cm³/mol. The first-order valence-corrected chi connectivity index (χ1v) is 10.5. The quantitative estimate of drug-likeness (QED) is 0.397. The van der Waals surface area contributed by atoms with Gasteiger partial charge in [0.25, 0.3) is 0 Å². The van der Waals surface area contributed by atoms with Gasteiger partial charge in [-0.25, -0.2) is 4.99 Å². The van der Waals surface area contributed by atoms with Crippen molar-refractivity contribution in [2.24, 2.45) is 0 Å². The Morgan fingerprint density at radius 2 is 1.35 bits per heavy atom. The maximum absolute atomic E-state index is 3.45. The van der Waals surface area contributed by atoms with E-state index in [9.17, 15) is 0 Å². The minimum atomic E-state index is 1.15. The molecule has 4 aromatic carbocycles. The molecule has 2 N–H and O–H groups in total. The highest BCUT2D eigenvalue weighted by molar-refractivity contribution is 6.24. The fraction of sp³-hybridized carbons (Fsp3) is 0. The number of hydrogen-bond donors (Lipinski definition) is 2. The number of H-pyrrole nitrogens is 1. The molecule has 0 aliphatic carbocycles. The van der Waals surface area contributed by atoms with Gasteiger partial charge in [0.1, 0.15) is 0 Å². The summed E-state index contributed by atoms with van der Waals surface area (Å²) < 4.78 is 0. The highest BCUT2D eigenvalue weighted by Crippen LogP contribution is 2.38. The Morgan fingerprint density at radius 1 is 0.645 bits per heavy atom. The summed E-state index contributed by atoms with van der Waals surface area (Å²) in [5, 5.41) is 1.23. The fourth-order valence-corrected chi connectivity index (χ4v) is 4.47. The van der Waals surface area contributed by atoms with Crippen molar-refractivity contribution >= 4 is 34.0 Å². The third-order valence-electron chi connectivity index (χ3n) is 6.00. The smallest absolute Gasteiger partial charge is 0.211 e. The van der Waals surface area contributed by atoms with Crippen LogP contribution < -0.4 is 4.99 Å². The molecule has 0 bridgehead atoms. The first kappa shape index (κ1) is 17.7. The first-order chi connectivity index (χ1) is 15.4. The average Bonchev–Trinajstić information content (AvgIpc) is 3.46. The second-order valence-corrected chi connectivity index (χ2v) is 7.81. The van der Waals surface area contributed by atoms with Crippen LogP contribution in [0.2, 0.25) is 0 Å². The number of benzene rings is 4. The number of rotatable bonds is 3. The molecule has 0 radical (unpaired) electrons. The maximum atomic E-state index is 3.45. The number of hydrogen-bond acceptors (Lipinski definition) is 0. The van der Waals surface area contributed by atoms with Gasteiger partial charge in [-0.05, 0) is 28.8 Å². The van der Waals surface area contributed by atoms with E-state index in [0.717, 1.165) is 11.2 Å². The van der Waals surface area contributed by atoms with E-state index in [1.807, 2.05) is 0 Å². The molecule has 0 saturated carbocycles. The zero-order chi connectivity index (χ0) is 20.6. The number of fused-ring (bicyclic) bond motifs is 2. The van der Waals surface area contributed by atoms with Crippen LogP contribution in [0, 0.1) is 0 Å². The van der Waals surface area contributed by atoms with Gasteiger partial charge in [-0.3, -0.25) is 0 Å². The van der Waals surface area contributed by atoms with Crippen molar-refractivity contribution in [2.45, 2.75) is 0 Å². The average molecular weight is 398 g/mol. The van der Waals surface area contributed by atoms with Crippen LogP contribution in [0.15, 0.2) is 109 Å². The Kier molecular flexibility index (Phi) is 4.14. The minimum absolute atomic E-state index is 1.15. The molecule has 2 heterocycles. The monoisotopic (exact) mass is 397 g/mol. The van der Waals surface area contributed by atoms with Gasteiger partial charge in [0.2, 0.25) is 5.69 Å². The van der Waals surface area contributed by atoms with Crippen molar-refractivity contribution in [3.63, 3.8) is 0 Å². The molecule has 0 fully saturated rings. The summed E-state index contributed by atoms with van der Waals surface area (Å²) in [6, 6.07) is 36.4. The van der Waals surface area contributed by atoms with E-state index in [0.29, 0.717) is 0 Å². The van der Waals surface area contributed by atoms with E-state index in [2.05, 4.69) is 126 Å². The Morgan fingerprint density at radius 3 is 2.23 bits per heavy atom. The molecule has 1 aromatic heterocycles. The Hall–Kier alpha value is -4.17. The first-order valence-electron chi connectivity index (χ1n) is 10.5. The van der Waals surface area contributed by atoms with Gasteiger partial charge in [-0.15, -0.1) is 0 Å². The molecule has 0 atom stereocenters. The third kappa shape index (κ3) is 3.01. The second-order valence-electron chi connectivity index (χ2n) is 7.81. The lowest BCUT2D eigenvalue weighted by molar-refractivity contribution is -0.342. The third-order valence-corrected chi connectivity index (χ3v) is 6.00. The predicted octanol–water partition coefficient (Wildman–Crippen LogP) is 5.59. The van der Waals surface area contributed by atoms with Crippen molar-refractivity contribution < 1.29 is 4.99 Å². The van der Waals surface area contributed by atoms with E-state index in [4.69, 9.17) is 0 Å². The largest absolute Gasteiger partial charge is 0.361 e. The fourth-order valence-electron chi connectivity index (χ4n) is 4.47. The van der Waals surface area contributed by atoms with Crippen LogP contribution in [0.25, 0.3) is 33.2 Å². The standard InChI is InChI=1S/C29H20N2/c1-2-8-20(9-3-1)21-14-16-22(17-15-21)29(25-18-30-27-12-6-4-10-23(25)27)26-19-31-28-13-7-5-11-24(26)28/h1-19,30H/p+1/b29-26+. The summed E-state index contributed by atoms with van der Waals surface area (Å²) in [5.41, 5.74) is 10.8. The van der Waals surface area contributed by atoms with Gasteiger partial charge >= 0.3 is 0 Å². The van der Waals surface area contributed by atoms with Gasteiger partial charge in [0.05, 0.1) is 11.1 Å². The molecule has 0 saturated heterocycles. The van der Waals surface area contributed by atoms with E-state index >= 15 is 0 Å². The van der Waals surface area contributed by atoms with Crippen LogP contribution in [-0.2, 0) is 0 Å². The molecule has 0 spiro atoms. The van der Waals surface area contributed by atoms with Gasteiger partial charge in [-0.1, -0.05) is 84.9 Å². The molecule has 0 unspecified atom stereocenters. The van der Waals surface area contributed by atoms with Gasteiger partial charge < -0.3 is 4.98 Å². The lowest BCUT2D eigenvalue weighted by Gasteiger charge is -2.11. The van der Waals surface area contributed by atoms with Gasteiger partial charge in [0.15, 0.2) is 6.21 Å². The number of allylic oxidation sites excluding steroid dienone is 1. The normalized spacial score (nSPS) is 14.1. The Labute approximate surface area is 181 Å². The van der Waals surface area contributed by atoms with Crippen LogP contribution in [0.1, 0.15) is 16.7 Å². The molecule has 31 heavy (non-hydrogen) atoms. The van der Waals surface area contributed by atoms with Crippen LogP contribution in [0.3, 0.4) is 0 Å². The van der Waals surface area contributed by atoms with Crippen LogP contribution in [0.4, 0.5) is 5.69 Å². The van der Waals surface area contributed by atoms with Crippen molar-refractivity contribution in [3.05, 3.63) is 126 Å². The van der Waals surface area contributed by atoms with Crippen molar-refractivity contribution in [1.82, 2.24) is 4.98 Å². The van der Waals surface area contributed by atoms with E-state index in [-0.39, 0.29) is 0 Å². The molecule has 2 heteroatoms. The molecule has 1 aliphatic rings. The van der Waals surface area contributed by atoms with Gasteiger partial charge in [-0.2, -0.15) is 0 Å². The van der Waals surface area contributed by atoms with Crippen molar-refractivity contribution in [1.29, 1.82) is 0 Å². The molecule has 146 valence electrons. The molecular weight excluding hydrogens is 376 g/mol. The second kappa shape index (κ2) is 7.26. The lowest BCUT2D eigenvalue weighted by atomic mass is 9.89. The summed E-state index contributed by atoms with van der Waals surface area (Å²) in [6.45, 7) is 0. The highest BCUT2D eigenvalue weighted by atomic mass is 14.8. The van der Waals surface area contributed by atoms with E-state index in [1.54, 1.807) is 0 Å². The number of nitrogens with one attached hydrogen (secondary N) is 2. The molecule has 0 amide bonds. The molecular formula is C29H21N2+. The van der Waals surface area contributed by atoms with E-state index in [1.165, 1.54) is 44.3 Å². The van der Waals surface area contributed by atoms with Crippen LogP contribution in [-0.4, -0.2) is 11.2 Å².